The first-order valence-electron chi connectivity index (χ1n) is 6.23. The number of aliphatic hydroxyl groups excluding tert-OH is 1. The minimum atomic E-state index is -0.550. The summed E-state index contributed by atoms with van der Waals surface area (Å²) >= 11 is 0. The van der Waals surface area contributed by atoms with Crippen LogP contribution in [0, 0.1) is 15.5 Å². The van der Waals surface area contributed by atoms with Gasteiger partial charge in [0.1, 0.15) is 5.69 Å². The van der Waals surface area contributed by atoms with Crippen LogP contribution in [-0.2, 0) is 4.74 Å². The van der Waals surface area contributed by atoms with Crippen molar-refractivity contribution in [3.8, 4) is 0 Å². The van der Waals surface area contributed by atoms with Gasteiger partial charge in [0, 0.05) is 18.0 Å². The lowest BCUT2D eigenvalue weighted by Crippen LogP contribution is -2.19. The van der Waals surface area contributed by atoms with Crippen molar-refractivity contribution in [3.05, 3.63) is 33.9 Å². The maximum absolute atomic E-state index is 11.5. The van der Waals surface area contributed by atoms with Gasteiger partial charge < -0.3 is 15.2 Å². The number of aliphatic hydroxyl groups is 1. The quantitative estimate of drug-likeness (QED) is 0.466. The number of nitrogens with zero attached hydrogens (tertiary/aromatic N) is 1. The summed E-state index contributed by atoms with van der Waals surface area (Å²) in [5.41, 5.74) is 0.216. The molecule has 1 saturated carbocycles. The van der Waals surface area contributed by atoms with Crippen molar-refractivity contribution in [1.29, 1.82) is 0 Å². The number of hydrogen-bond donors (Lipinski definition) is 2. The first-order chi connectivity index (χ1) is 9.51. The number of nitrogens with one attached hydrogen (secondary N) is 1. The van der Waals surface area contributed by atoms with Crippen molar-refractivity contribution >= 4 is 17.3 Å². The molecule has 7 heteroatoms. The fraction of sp³-hybridized carbons (Fsp3) is 0.462. The summed E-state index contributed by atoms with van der Waals surface area (Å²) in [6, 6.07) is 4.03. The van der Waals surface area contributed by atoms with Gasteiger partial charge in [-0.3, -0.25) is 10.1 Å². The second-order valence-electron chi connectivity index (χ2n) is 4.99. The Morgan fingerprint density at radius 1 is 1.55 bits per heavy atom. The Balaban J connectivity index is 2.22. The third-order valence-electron chi connectivity index (χ3n) is 3.56. The van der Waals surface area contributed by atoms with E-state index >= 15 is 0 Å². The molecule has 0 aliphatic heterocycles. The number of nitro benzene ring substituents is 1. The summed E-state index contributed by atoms with van der Waals surface area (Å²) in [4.78, 5) is 21.9. The summed E-state index contributed by atoms with van der Waals surface area (Å²) in [7, 11) is 1.25. The summed E-state index contributed by atoms with van der Waals surface area (Å²) in [5.74, 6) is -0.550. The van der Waals surface area contributed by atoms with Crippen LogP contribution in [0.4, 0.5) is 11.4 Å². The van der Waals surface area contributed by atoms with E-state index in [9.17, 15) is 20.0 Å². The number of benzene rings is 1. The monoisotopic (exact) mass is 280 g/mol. The third-order valence-corrected chi connectivity index (χ3v) is 3.56. The smallest absolute Gasteiger partial charge is 0.337 e. The summed E-state index contributed by atoms with van der Waals surface area (Å²) in [6.07, 6.45) is 1.78. The first kappa shape index (κ1) is 14.3. The lowest BCUT2D eigenvalue weighted by molar-refractivity contribution is -0.384. The highest BCUT2D eigenvalue weighted by molar-refractivity contribution is 5.91. The van der Waals surface area contributed by atoms with E-state index in [0.29, 0.717) is 6.54 Å². The maximum Gasteiger partial charge on any atom is 0.337 e. The van der Waals surface area contributed by atoms with Gasteiger partial charge in [-0.2, -0.15) is 0 Å². The molecule has 0 heterocycles. The van der Waals surface area contributed by atoms with Crippen molar-refractivity contribution in [1.82, 2.24) is 0 Å². The van der Waals surface area contributed by atoms with Gasteiger partial charge in [0.25, 0.3) is 5.69 Å². The molecule has 1 aliphatic carbocycles. The molecule has 0 aromatic heterocycles. The Morgan fingerprint density at radius 3 is 2.75 bits per heavy atom. The number of ether oxygens (including phenoxy) is 1. The Kier molecular flexibility index (Phi) is 3.89. The van der Waals surface area contributed by atoms with Crippen LogP contribution in [0.5, 0.6) is 0 Å². The molecule has 2 rings (SSSR count). The van der Waals surface area contributed by atoms with Gasteiger partial charge in [-0.05, 0) is 25.0 Å². The van der Waals surface area contributed by atoms with Crippen LogP contribution in [0.25, 0.3) is 0 Å². The zero-order valence-electron chi connectivity index (χ0n) is 11.1. The van der Waals surface area contributed by atoms with E-state index in [1.807, 2.05) is 0 Å². The van der Waals surface area contributed by atoms with Gasteiger partial charge in [-0.15, -0.1) is 0 Å². The Hall–Kier alpha value is -2.15. The molecule has 0 saturated heterocycles. The van der Waals surface area contributed by atoms with Crippen LogP contribution in [0.2, 0.25) is 0 Å². The summed E-state index contributed by atoms with van der Waals surface area (Å²) in [6.45, 7) is 0.486. The van der Waals surface area contributed by atoms with Crippen LogP contribution in [-0.4, -0.2) is 36.3 Å². The van der Waals surface area contributed by atoms with Gasteiger partial charge in [0.2, 0.25) is 0 Å². The lowest BCUT2D eigenvalue weighted by atomic mass is 10.1. The first-order valence-corrected chi connectivity index (χ1v) is 6.23. The highest BCUT2D eigenvalue weighted by atomic mass is 16.6. The number of nitro groups is 1. The lowest BCUT2D eigenvalue weighted by Gasteiger charge is -2.14. The molecule has 1 aliphatic rings. The standard InChI is InChI=1S/C13H16N2O5/c1-20-12(17)9-2-3-11(15(18)19)10(6-9)14-7-13(8-16)4-5-13/h2-3,6,14,16H,4-5,7-8H2,1H3. The van der Waals surface area contributed by atoms with Crippen LogP contribution < -0.4 is 5.32 Å². The minimum absolute atomic E-state index is 0.0461. The molecule has 1 fully saturated rings. The number of hydrogen-bond acceptors (Lipinski definition) is 6. The zero-order chi connectivity index (χ0) is 14.8. The van der Waals surface area contributed by atoms with E-state index < -0.39 is 10.9 Å². The molecule has 0 unspecified atom stereocenters. The van der Waals surface area contributed by atoms with E-state index in [2.05, 4.69) is 10.1 Å². The maximum atomic E-state index is 11.5. The SMILES string of the molecule is COC(=O)c1ccc([N+](=O)[O-])c(NCC2(CO)CC2)c1. The molecular formula is C13H16N2O5. The molecule has 2 N–H and O–H groups in total. The molecule has 0 atom stereocenters. The van der Waals surface area contributed by atoms with Crippen LogP contribution >= 0.6 is 0 Å². The molecule has 0 amide bonds. The van der Waals surface area contributed by atoms with Crippen LogP contribution in [0.3, 0.4) is 0 Å². The highest BCUT2D eigenvalue weighted by Crippen LogP contribution is 2.45. The summed E-state index contributed by atoms with van der Waals surface area (Å²) in [5, 5.41) is 23.2. The van der Waals surface area contributed by atoms with Gasteiger partial charge in [-0.25, -0.2) is 4.79 Å². The molecule has 20 heavy (non-hydrogen) atoms. The average Bonchev–Trinajstić information content (AvgIpc) is 3.24. The number of methoxy groups -OCH3 is 1. The second-order valence-corrected chi connectivity index (χ2v) is 4.99. The van der Waals surface area contributed by atoms with Crippen molar-refractivity contribution < 1.29 is 19.6 Å². The molecular weight excluding hydrogens is 264 g/mol. The normalized spacial score (nSPS) is 15.5. The third kappa shape index (κ3) is 2.88. The number of esters is 1. The number of rotatable bonds is 6. The van der Waals surface area contributed by atoms with Crippen molar-refractivity contribution in [2.45, 2.75) is 12.8 Å². The Labute approximate surface area is 115 Å². The molecule has 0 spiro atoms. The number of carbonyl (C=O) groups is 1. The zero-order valence-corrected chi connectivity index (χ0v) is 11.1. The van der Waals surface area contributed by atoms with E-state index in [1.165, 1.54) is 25.3 Å². The minimum Gasteiger partial charge on any atom is -0.465 e. The van der Waals surface area contributed by atoms with Crippen molar-refractivity contribution in [3.63, 3.8) is 0 Å². The van der Waals surface area contributed by atoms with E-state index in [0.717, 1.165) is 12.8 Å². The van der Waals surface area contributed by atoms with Gasteiger partial charge in [-0.1, -0.05) is 0 Å². The average molecular weight is 280 g/mol. The van der Waals surface area contributed by atoms with Crippen molar-refractivity contribution in [2.75, 3.05) is 25.6 Å². The van der Waals surface area contributed by atoms with E-state index in [-0.39, 0.29) is 29.0 Å². The van der Waals surface area contributed by atoms with Crippen molar-refractivity contribution in [2.24, 2.45) is 5.41 Å². The van der Waals surface area contributed by atoms with E-state index in [1.54, 1.807) is 0 Å². The van der Waals surface area contributed by atoms with Crippen LogP contribution in [0.15, 0.2) is 18.2 Å². The van der Waals surface area contributed by atoms with Gasteiger partial charge in [0.15, 0.2) is 0 Å². The van der Waals surface area contributed by atoms with Crippen LogP contribution in [0.1, 0.15) is 23.2 Å². The number of carbonyl (C=O) groups excluding carboxylic acids is 1. The molecule has 0 radical (unpaired) electrons. The fourth-order valence-corrected chi connectivity index (χ4v) is 1.93. The largest absolute Gasteiger partial charge is 0.465 e. The predicted octanol–water partition coefficient (Wildman–Crippen LogP) is 1.57. The molecule has 1 aromatic carbocycles. The summed E-state index contributed by atoms with van der Waals surface area (Å²) < 4.78 is 4.59. The topological polar surface area (TPSA) is 102 Å². The highest BCUT2D eigenvalue weighted by Gasteiger charge is 2.42. The second kappa shape index (κ2) is 5.46. The Bertz CT molecular complexity index is 540. The molecule has 108 valence electrons. The van der Waals surface area contributed by atoms with E-state index in [4.69, 9.17) is 0 Å². The number of anilines is 1. The van der Waals surface area contributed by atoms with Gasteiger partial charge >= 0.3 is 5.97 Å². The predicted molar refractivity (Wildman–Crippen MR) is 71.7 cm³/mol. The fourth-order valence-electron chi connectivity index (χ4n) is 1.93. The van der Waals surface area contributed by atoms with Gasteiger partial charge in [0.05, 0.1) is 24.2 Å². The molecule has 0 bridgehead atoms. The molecule has 1 aromatic rings. The molecule has 7 nitrogen and oxygen atoms in total. The Morgan fingerprint density at radius 2 is 2.25 bits per heavy atom.